The Morgan fingerprint density at radius 3 is 2.57 bits per heavy atom. The highest BCUT2D eigenvalue weighted by molar-refractivity contribution is 5.61. The summed E-state index contributed by atoms with van der Waals surface area (Å²) in [6, 6.07) is 1.88. The molecule has 0 radical (unpaired) electrons. The van der Waals surface area contributed by atoms with Crippen molar-refractivity contribution < 1.29 is 4.92 Å². The third-order valence-corrected chi connectivity index (χ3v) is 4.31. The first kappa shape index (κ1) is 15.2. The van der Waals surface area contributed by atoms with E-state index in [9.17, 15) is 10.1 Å². The molecule has 9 nitrogen and oxygen atoms in total. The van der Waals surface area contributed by atoms with E-state index < -0.39 is 0 Å². The van der Waals surface area contributed by atoms with Crippen LogP contribution in [0.15, 0.2) is 12.3 Å². The van der Waals surface area contributed by atoms with Crippen LogP contribution >= 0.6 is 0 Å². The lowest BCUT2D eigenvalue weighted by Crippen LogP contribution is -2.36. The van der Waals surface area contributed by atoms with E-state index in [4.69, 9.17) is 5.73 Å². The zero-order valence-electron chi connectivity index (χ0n) is 13.1. The molecule has 3 rings (SSSR count). The quantitative estimate of drug-likeness (QED) is 0.675. The average molecular weight is 317 g/mol. The van der Waals surface area contributed by atoms with E-state index in [0.29, 0.717) is 30.4 Å². The molecule has 23 heavy (non-hydrogen) atoms. The smallest absolute Gasteiger partial charge is 0.314 e. The Kier molecular flexibility index (Phi) is 3.85. The fourth-order valence-electron chi connectivity index (χ4n) is 3.17. The third-order valence-electron chi connectivity index (χ3n) is 4.31. The van der Waals surface area contributed by atoms with Crippen molar-refractivity contribution in [3.8, 4) is 0 Å². The standard InChI is InChI=1S/C14H19N7O2/c1-9-3-6-16-13(12(9)21(22)23)19-7-4-11(5-8-19)20-10(2)17-18-14(20)15/h3,6,11H,4-5,7-8H2,1-2H3,(H2,15,18). The second kappa shape index (κ2) is 5.82. The summed E-state index contributed by atoms with van der Waals surface area (Å²) >= 11 is 0. The van der Waals surface area contributed by atoms with Gasteiger partial charge in [0.05, 0.1) is 4.92 Å². The number of nitrogens with zero attached hydrogens (tertiary/aromatic N) is 6. The second-order valence-corrected chi connectivity index (χ2v) is 5.75. The molecule has 122 valence electrons. The summed E-state index contributed by atoms with van der Waals surface area (Å²) in [4.78, 5) is 17.2. The van der Waals surface area contributed by atoms with Gasteiger partial charge < -0.3 is 10.6 Å². The Balaban J connectivity index is 1.80. The molecule has 1 aliphatic heterocycles. The molecule has 0 spiro atoms. The summed E-state index contributed by atoms with van der Waals surface area (Å²) in [6.07, 6.45) is 3.25. The molecule has 1 aliphatic rings. The maximum Gasteiger partial charge on any atom is 0.314 e. The Morgan fingerprint density at radius 2 is 2.00 bits per heavy atom. The topological polar surface area (TPSA) is 116 Å². The minimum Gasteiger partial charge on any atom is -0.368 e. The van der Waals surface area contributed by atoms with Gasteiger partial charge in [0.2, 0.25) is 11.8 Å². The number of piperidine rings is 1. The van der Waals surface area contributed by atoms with Crippen LogP contribution in [0.4, 0.5) is 17.5 Å². The lowest BCUT2D eigenvalue weighted by molar-refractivity contribution is -0.384. The molecule has 0 amide bonds. The molecule has 3 heterocycles. The summed E-state index contributed by atoms with van der Waals surface area (Å²) in [6.45, 7) is 4.97. The predicted octanol–water partition coefficient (Wildman–Crippen LogP) is 1.62. The molecule has 9 heteroatoms. The number of rotatable bonds is 3. The van der Waals surface area contributed by atoms with Gasteiger partial charge in [0, 0.05) is 30.9 Å². The molecule has 0 aromatic carbocycles. The van der Waals surface area contributed by atoms with Crippen molar-refractivity contribution in [3.05, 3.63) is 33.8 Å². The number of hydrogen-bond acceptors (Lipinski definition) is 7. The van der Waals surface area contributed by atoms with Crippen LogP contribution in [0.3, 0.4) is 0 Å². The van der Waals surface area contributed by atoms with Crippen molar-refractivity contribution in [2.75, 3.05) is 23.7 Å². The van der Waals surface area contributed by atoms with Gasteiger partial charge in [-0.25, -0.2) is 4.98 Å². The Labute approximate surface area is 133 Å². The first-order chi connectivity index (χ1) is 11.0. The van der Waals surface area contributed by atoms with Gasteiger partial charge in [-0.2, -0.15) is 0 Å². The van der Waals surface area contributed by atoms with E-state index in [1.807, 2.05) is 16.4 Å². The molecule has 0 aliphatic carbocycles. The molecular formula is C14H19N7O2. The fraction of sp³-hybridized carbons (Fsp3) is 0.500. The largest absolute Gasteiger partial charge is 0.368 e. The minimum absolute atomic E-state index is 0.0888. The van der Waals surface area contributed by atoms with E-state index >= 15 is 0 Å². The number of nitro groups is 1. The van der Waals surface area contributed by atoms with Crippen LogP contribution in [0.2, 0.25) is 0 Å². The molecule has 1 saturated heterocycles. The van der Waals surface area contributed by atoms with Crippen LogP contribution in [-0.4, -0.2) is 37.8 Å². The zero-order valence-corrected chi connectivity index (χ0v) is 13.1. The summed E-state index contributed by atoms with van der Waals surface area (Å²) in [5.41, 5.74) is 6.59. The van der Waals surface area contributed by atoms with Crippen molar-refractivity contribution in [3.63, 3.8) is 0 Å². The number of aryl methyl sites for hydroxylation is 2. The fourth-order valence-corrected chi connectivity index (χ4v) is 3.17. The minimum atomic E-state index is -0.355. The van der Waals surface area contributed by atoms with Crippen LogP contribution in [0.5, 0.6) is 0 Å². The van der Waals surface area contributed by atoms with E-state index in [1.165, 1.54) is 0 Å². The normalized spacial score (nSPS) is 15.8. The number of pyridine rings is 1. The molecule has 0 bridgehead atoms. The highest BCUT2D eigenvalue weighted by atomic mass is 16.6. The van der Waals surface area contributed by atoms with Gasteiger partial charge in [-0.05, 0) is 32.8 Å². The van der Waals surface area contributed by atoms with Crippen molar-refractivity contribution in [2.24, 2.45) is 0 Å². The van der Waals surface area contributed by atoms with Gasteiger partial charge in [0.25, 0.3) is 0 Å². The number of nitrogens with two attached hydrogens (primary N) is 1. The summed E-state index contributed by atoms with van der Waals surface area (Å²) < 4.78 is 1.94. The van der Waals surface area contributed by atoms with E-state index in [2.05, 4.69) is 15.2 Å². The van der Waals surface area contributed by atoms with Crippen molar-refractivity contribution >= 4 is 17.5 Å². The number of aromatic nitrogens is 4. The number of hydrogen-bond donors (Lipinski definition) is 1. The number of anilines is 2. The van der Waals surface area contributed by atoms with Crippen molar-refractivity contribution in [1.29, 1.82) is 0 Å². The molecule has 0 atom stereocenters. The van der Waals surface area contributed by atoms with Gasteiger partial charge in [-0.3, -0.25) is 14.7 Å². The first-order valence-electron chi connectivity index (χ1n) is 7.51. The molecule has 2 aromatic rings. The second-order valence-electron chi connectivity index (χ2n) is 5.75. The molecule has 0 unspecified atom stereocenters. The van der Waals surface area contributed by atoms with Gasteiger partial charge in [0.1, 0.15) is 5.82 Å². The zero-order chi connectivity index (χ0) is 16.6. The van der Waals surface area contributed by atoms with E-state index in [1.54, 1.807) is 19.2 Å². The number of nitrogen functional groups attached to an aromatic ring is 1. The molecule has 2 aromatic heterocycles. The molecule has 2 N–H and O–H groups in total. The summed E-state index contributed by atoms with van der Waals surface area (Å²) in [5, 5.41) is 19.2. The van der Waals surface area contributed by atoms with Gasteiger partial charge >= 0.3 is 5.69 Å². The van der Waals surface area contributed by atoms with E-state index in [-0.39, 0.29) is 16.7 Å². The van der Waals surface area contributed by atoms with Gasteiger partial charge in [-0.1, -0.05) is 0 Å². The SMILES string of the molecule is Cc1ccnc(N2CCC(n3c(C)nnc3N)CC2)c1[N+](=O)[O-]. The highest BCUT2D eigenvalue weighted by Crippen LogP contribution is 2.33. The third kappa shape index (κ3) is 2.69. The lowest BCUT2D eigenvalue weighted by Gasteiger charge is -2.33. The summed E-state index contributed by atoms with van der Waals surface area (Å²) in [5.74, 6) is 1.66. The Bertz CT molecular complexity index is 715. The Morgan fingerprint density at radius 1 is 1.30 bits per heavy atom. The van der Waals surface area contributed by atoms with Crippen molar-refractivity contribution in [2.45, 2.75) is 32.7 Å². The van der Waals surface area contributed by atoms with Crippen LogP contribution in [0.1, 0.15) is 30.3 Å². The Hall–Kier alpha value is -2.71. The average Bonchev–Trinajstić information content (AvgIpc) is 2.86. The molecular weight excluding hydrogens is 298 g/mol. The molecule has 0 saturated carbocycles. The maximum absolute atomic E-state index is 11.3. The van der Waals surface area contributed by atoms with Crippen LogP contribution < -0.4 is 10.6 Å². The first-order valence-corrected chi connectivity index (χ1v) is 7.51. The predicted molar refractivity (Wildman–Crippen MR) is 85.3 cm³/mol. The van der Waals surface area contributed by atoms with Crippen LogP contribution in [-0.2, 0) is 0 Å². The highest BCUT2D eigenvalue weighted by Gasteiger charge is 2.29. The van der Waals surface area contributed by atoms with Crippen LogP contribution in [0.25, 0.3) is 0 Å². The lowest BCUT2D eigenvalue weighted by atomic mass is 10.0. The monoisotopic (exact) mass is 317 g/mol. The van der Waals surface area contributed by atoms with Crippen LogP contribution in [0, 0.1) is 24.0 Å². The van der Waals surface area contributed by atoms with Gasteiger partial charge in [0.15, 0.2) is 0 Å². The maximum atomic E-state index is 11.3. The molecule has 1 fully saturated rings. The van der Waals surface area contributed by atoms with Gasteiger partial charge in [-0.15, -0.1) is 10.2 Å². The van der Waals surface area contributed by atoms with Crippen molar-refractivity contribution in [1.82, 2.24) is 19.7 Å². The summed E-state index contributed by atoms with van der Waals surface area (Å²) in [7, 11) is 0. The van der Waals surface area contributed by atoms with E-state index in [0.717, 1.165) is 18.7 Å².